The summed E-state index contributed by atoms with van der Waals surface area (Å²) in [4.78, 5) is 11.4. The van der Waals surface area contributed by atoms with E-state index in [4.69, 9.17) is 5.11 Å². The summed E-state index contributed by atoms with van der Waals surface area (Å²) in [5.41, 5.74) is 0.543. The molecule has 0 saturated heterocycles. The first-order valence-corrected chi connectivity index (χ1v) is 4.27. The third kappa shape index (κ3) is 2.87. The summed E-state index contributed by atoms with van der Waals surface area (Å²) in [6.07, 6.45) is 0. The zero-order valence-corrected chi connectivity index (χ0v) is 7.58. The summed E-state index contributed by atoms with van der Waals surface area (Å²) < 4.78 is 0. The smallest absolute Gasteiger partial charge is 0.176 e. The minimum atomic E-state index is -0.00208. The number of carbonyl (C=O) groups excluding carboxylic acids is 1. The number of hydrogen-bond donors (Lipinski definition) is 2. The number of rotatable bonds is 4. The maximum atomic E-state index is 11.4. The molecule has 1 aromatic carbocycles. The van der Waals surface area contributed by atoms with E-state index in [1.807, 2.05) is 6.92 Å². The van der Waals surface area contributed by atoms with Crippen molar-refractivity contribution in [2.75, 3.05) is 13.1 Å². The van der Waals surface area contributed by atoms with Crippen molar-refractivity contribution in [2.45, 2.75) is 6.92 Å². The van der Waals surface area contributed by atoms with Crippen molar-refractivity contribution in [2.24, 2.45) is 0 Å². The molecule has 0 radical (unpaired) electrons. The molecule has 0 fully saturated rings. The SMILES string of the molecule is CCNCC(=O)c1cccc(O)c1. The first-order chi connectivity index (χ1) is 6.24. The Labute approximate surface area is 77.4 Å². The van der Waals surface area contributed by atoms with E-state index in [2.05, 4.69) is 5.32 Å². The number of ketones is 1. The minimum Gasteiger partial charge on any atom is -0.508 e. The van der Waals surface area contributed by atoms with Gasteiger partial charge in [0.05, 0.1) is 6.54 Å². The Kier molecular flexibility index (Phi) is 3.46. The number of Topliss-reactive ketones (excluding diaryl/α,β-unsaturated/α-hetero) is 1. The van der Waals surface area contributed by atoms with Crippen LogP contribution in [-0.4, -0.2) is 24.0 Å². The molecule has 2 N–H and O–H groups in total. The van der Waals surface area contributed by atoms with Crippen LogP contribution in [0, 0.1) is 0 Å². The van der Waals surface area contributed by atoms with Crippen molar-refractivity contribution in [1.29, 1.82) is 0 Å². The molecule has 0 aliphatic carbocycles. The van der Waals surface area contributed by atoms with Crippen molar-refractivity contribution in [1.82, 2.24) is 5.32 Å². The predicted octanol–water partition coefficient (Wildman–Crippen LogP) is 1.18. The largest absolute Gasteiger partial charge is 0.508 e. The first-order valence-electron chi connectivity index (χ1n) is 4.27. The molecular formula is C10H13NO2. The highest BCUT2D eigenvalue weighted by molar-refractivity contribution is 5.97. The molecule has 1 rings (SSSR count). The molecule has 0 bridgehead atoms. The number of nitrogens with one attached hydrogen (secondary N) is 1. The van der Waals surface area contributed by atoms with Gasteiger partial charge >= 0.3 is 0 Å². The summed E-state index contributed by atoms with van der Waals surface area (Å²) >= 11 is 0. The molecule has 0 heterocycles. The maximum absolute atomic E-state index is 11.4. The fraction of sp³-hybridized carbons (Fsp3) is 0.300. The number of phenolic OH excluding ortho intramolecular Hbond substituents is 1. The third-order valence-corrected chi connectivity index (χ3v) is 1.70. The number of benzene rings is 1. The number of aromatic hydroxyl groups is 1. The normalized spacial score (nSPS) is 9.92. The summed E-state index contributed by atoms with van der Waals surface area (Å²) in [6, 6.07) is 6.37. The molecule has 0 aliphatic rings. The second-order valence-electron chi connectivity index (χ2n) is 2.75. The topological polar surface area (TPSA) is 49.3 Å². The quantitative estimate of drug-likeness (QED) is 0.682. The Morgan fingerprint density at radius 3 is 2.92 bits per heavy atom. The van der Waals surface area contributed by atoms with Gasteiger partial charge in [-0.2, -0.15) is 0 Å². The Morgan fingerprint density at radius 2 is 2.31 bits per heavy atom. The van der Waals surface area contributed by atoms with E-state index in [9.17, 15) is 4.79 Å². The highest BCUT2D eigenvalue weighted by Crippen LogP contribution is 2.10. The third-order valence-electron chi connectivity index (χ3n) is 1.70. The standard InChI is InChI=1S/C10H13NO2/c1-2-11-7-10(13)8-4-3-5-9(12)6-8/h3-6,11-12H,2,7H2,1H3. The Morgan fingerprint density at radius 1 is 1.54 bits per heavy atom. The van der Waals surface area contributed by atoms with Crippen molar-refractivity contribution in [3.05, 3.63) is 29.8 Å². The van der Waals surface area contributed by atoms with E-state index >= 15 is 0 Å². The Balaban J connectivity index is 2.66. The number of carbonyl (C=O) groups is 1. The van der Waals surface area contributed by atoms with E-state index in [1.54, 1.807) is 18.2 Å². The molecular weight excluding hydrogens is 166 g/mol. The van der Waals surface area contributed by atoms with Gasteiger partial charge in [0.25, 0.3) is 0 Å². The van der Waals surface area contributed by atoms with Crippen LogP contribution in [0.5, 0.6) is 5.75 Å². The average molecular weight is 179 g/mol. The molecule has 0 unspecified atom stereocenters. The number of likely N-dealkylation sites (N-methyl/N-ethyl adjacent to an activating group) is 1. The molecule has 3 nitrogen and oxygen atoms in total. The highest BCUT2D eigenvalue weighted by Gasteiger charge is 2.04. The van der Waals surface area contributed by atoms with E-state index in [-0.39, 0.29) is 11.5 Å². The van der Waals surface area contributed by atoms with Crippen LogP contribution in [0.3, 0.4) is 0 Å². The molecule has 0 aliphatic heterocycles. The van der Waals surface area contributed by atoms with Crippen LogP contribution < -0.4 is 5.32 Å². The van der Waals surface area contributed by atoms with Gasteiger partial charge in [-0.25, -0.2) is 0 Å². The lowest BCUT2D eigenvalue weighted by Gasteiger charge is -2.01. The van der Waals surface area contributed by atoms with Crippen molar-refractivity contribution in [3.63, 3.8) is 0 Å². The molecule has 0 amide bonds. The minimum absolute atomic E-state index is 0.00208. The zero-order chi connectivity index (χ0) is 9.68. The van der Waals surface area contributed by atoms with Crippen LogP contribution in [0.15, 0.2) is 24.3 Å². The molecule has 1 aromatic rings. The van der Waals surface area contributed by atoms with Crippen LogP contribution in [0.1, 0.15) is 17.3 Å². The Bertz CT molecular complexity index is 297. The second kappa shape index (κ2) is 4.62. The van der Waals surface area contributed by atoms with Crippen LogP contribution in [0.25, 0.3) is 0 Å². The van der Waals surface area contributed by atoms with Gasteiger partial charge in [-0.1, -0.05) is 19.1 Å². The lowest BCUT2D eigenvalue weighted by Crippen LogP contribution is -2.22. The highest BCUT2D eigenvalue weighted by atomic mass is 16.3. The second-order valence-corrected chi connectivity index (χ2v) is 2.75. The monoisotopic (exact) mass is 179 g/mol. The number of phenols is 1. The summed E-state index contributed by atoms with van der Waals surface area (Å²) in [5, 5.41) is 12.0. The van der Waals surface area contributed by atoms with Gasteiger partial charge in [0.2, 0.25) is 0 Å². The average Bonchev–Trinajstić information content (AvgIpc) is 2.14. The molecule has 0 atom stereocenters. The molecule has 0 spiro atoms. The van der Waals surface area contributed by atoms with Crippen LogP contribution in [0.4, 0.5) is 0 Å². The van der Waals surface area contributed by atoms with Gasteiger partial charge in [-0.05, 0) is 18.7 Å². The fourth-order valence-electron chi connectivity index (χ4n) is 1.02. The molecule has 3 heteroatoms. The predicted molar refractivity (Wildman–Crippen MR) is 51.0 cm³/mol. The van der Waals surface area contributed by atoms with Gasteiger partial charge in [0.1, 0.15) is 5.75 Å². The molecule has 70 valence electrons. The van der Waals surface area contributed by atoms with Gasteiger partial charge in [0, 0.05) is 5.56 Å². The Hall–Kier alpha value is -1.35. The van der Waals surface area contributed by atoms with Crippen molar-refractivity contribution < 1.29 is 9.90 Å². The number of hydrogen-bond acceptors (Lipinski definition) is 3. The van der Waals surface area contributed by atoms with Crippen LogP contribution >= 0.6 is 0 Å². The van der Waals surface area contributed by atoms with E-state index in [0.717, 1.165) is 6.54 Å². The lowest BCUT2D eigenvalue weighted by atomic mass is 10.1. The van der Waals surface area contributed by atoms with Crippen LogP contribution in [-0.2, 0) is 0 Å². The molecule has 13 heavy (non-hydrogen) atoms. The van der Waals surface area contributed by atoms with E-state index in [0.29, 0.717) is 12.1 Å². The summed E-state index contributed by atoms with van der Waals surface area (Å²) in [6.45, 7) is 3.03. The van der Waals surface area contributed by atoms with Crippen molar-refractivity contribution in [3.8, 4) is 5.75 Å². The van der Waals surface area contributed by atoms with Crippen molar-refractivity contribution >= 4 is 5.78 Å². The fourth-order valence-corrected chi connectivity index (χ4v) is 1.02. The van der Waals surface area contributed by atoms with Gasteiger partial charge in [-0.3, -0.25) is 4.79 Å². The van der Waals surface area contributed by atoms with Gasteiger partial charge < -0.3 is 10.4 Å². The van der Waals surface area contributed by atoms with E-state index in [1.165, 1.54) is 6.07 Å². The lowest BCUT2D eigenvalue weighted by molar-refractivity contribution is 0.0991. The van der Waals surface area contributed by atoms with Gasteiger partial charge in [-0.15, -0.1) is 0 Å². The maximum Gasteiger partial charge on any atom is 0.176 e. The molecule has 0 saturated carbocycles. The van der Waals surface area contributed by atoms with E-state index < -0.39 is 0 Å². The van der Waals surface area contributed by atoms with Crippen LogP contribution in [0.2, 0.25) is 0 Å². The first kappa shape index (κ1) is 9.74. The van der Waals surface area contributed by atoms with Gasteiger partial charge in [0.15, 0.2) is 5.78 Å². The summed E-state index contributed by atoms with van der Waals surface area (Å²) in [5.74, 6) is 0.125. The molecule has 0 aromatic heterocycles. The zero-order valence-electron chi connectivity index (χ0n) is 7.58. The summed E-state index contributed by atoms with van der Waals surface area (Å²) in [7, 11) is 0.